The summed E-state index contributed by atoms with van der Waals surface area (Å²) in [6, 6.07) is 3.10. The molecule has 0 spiro atoms. The van der Waals surface area contributed by atoms with Gasteiger partial charge in [0.15, 0.2) is 0 Å². The van der Waals surface area contributed by atoms with Crippen LogP contribution in [0, 0.1) is 0 Å². The second kappa shape index (κ2) is 4.59. The molecule has 0 aliphatic rings. The molecule has 0 saturated carbocycles. The molecule has 0 aliphatic carbocycles. The lowest BCUT2D eigenvalue weighted by Crippen LogP contribution is -2.51. The number of rotatable bonds is 3. The first-order chi connectivity index (χ1) is 8.34. The van der Waals surface area contributed by atoms with Crippen LogP contribution in [0.25, 0.3) is 0 Å². The van der Waals surface area contributed by atoms with Crippen LogP contribution in [0.1, 0.15) is 33.3 Å². The number of nitrogen functional groups attached to an aromatic ring is 1. The maximum absolute atomic E-state index is 12.5. The summed E-state index contributed by atoms with van der Waals surface area (Å²) in [6.07, 6.45) is -4.42. The predicted molar refractivity (Wildman–Crippen MR) is 69.9 cm³/mol. The summed E-state index contributed by atoms with van der Waals surface area (Å²) in [6.45, 7) is 6.70. The lowest BCUT2D eigenvalue weighted by molar-refractivity contribution is -0.137. The number of halogens is 3. The average molecular weight is 276 g/mol. The zero-order valence-corrected chi connectivity index (χ0v) is 11.4. The Morgan fingerprint density at radius 2 is 1.63 bits per heavy atom. The molecule has 6 heteroatoms. The topological polar surface area (TPSA) is 58.3 Å². The van der Waals surface area contributed by atoms with E-state index in [1.54, 1.807) is 27.7 Å². The van der Waals surface area contributed by atoms with E-state index in [4.69, 9.17) is 5.73 Å². The molecule has 1 rings (SSSR count). The lowest BCUT2D eigenvalue weighted by atomic mass is 9.85. The van der Waals surface area contributed by atoms with E-state index in [1.807, 2.05) is 0 Å². The molecule has 0 radical (unpaired) electrons. The predicted octanol–water partition coefficient (Wildman–Crippen LogP) is 3.25. The highest BCUT2D eigenvalue weighted by atomic mass is 19.4. The van der Waals surface area contributed by atoms with Crippen molar-refractivity contribution in [3.8, 4) is 0 Å². The quantitative estimate of drug-likeness (QED) is 0.743. The second-order valence-electron chi connectivity index (χ2n) is 5.61. The van der Waals surface area contributed by atoms with E-state index < -0.39 is 22.9 Å². The zero-order chi connectivity index (χ0) is 15.1. The molecule has 0 bridgehead atoms. The van der Waals surface area contributed by atoms with Crippen molar-refractivity contribution >= 4 is 11.4 Å². The van der Waals surface area contributed by atoms with E-state index in [1.165, 1.54) is 6.07 Å². The minimum absolute atomic E-state index is 0.00727. The first-order valence-corrected chi connectivity index (χ1v) is 5.82. The third-order valence-electron chi connectivity index (χ3n) is 3.36. The Balaban J connectivity index is 3.06. The van der Waals surface area contributed by atoms with E-state index in [2.05, 4.69) is 5.32 Å². The number of hydrogen-bond acceptors (Lipinski definition) is 3. The molecule has 1 aromatic rings. The van der Waals surface area contributed by atoms with Gasteiger partial charge >= 0.3 is 6.18 Å². The molecule has 0 aliphatic heterocycles. The standard InChI is InChI=1S/C13H19F3N2O/c1-11(2,12(3,4)19)18-10-6-5-8(7-9(10)17)13(14,15)16/h5-7,18-19H,17H2,1-4H3. The third-order valence-corrected chi connectivity index (χ3v) is 3.36. The van der Waals surface area contributed by atoms with E-state index in [0.29, 0.717) is 5.69 Å². The number of nitrogens with two attached hydrogens (primary N) is 1. The summed E-state index contributed by atoms with van der Waals surface area (Å²) in [5.41, 5.74) is 3.37. The van der Waals surface area contributed by atoms with Crippen molar-refractivity contribution < 1.29 is 18.3 Å². The minimum Gasteiger partial charge on any atom is -0.397 e. The molecule has 0 heterocycles. The van der Waals surface area contributed by atoms with E-state index in [9.17, 15) is 18.3 Å². The molecular formula is C13H19F3N2O. The maximum atomic E-state index is 12.5. The molecule has 1 aromatic carbocycles. The number of benzene rings is 1. The minimum atomic E-state index is -4.42. The highest BCUT2D eigenvalue weighted by Crippen LogP contribution is 2.34. The Hall–Kier alpha value is -1.43. The van der Waals surface area contributed by atoms with Gasteiger partial charge in [0.1, 0.15) is 0 Å². The van der Waals surface area contributed by atoms with Gasteiger partial charge in [-0.05, 0) is 45.9 Å². The summed E-state index contributed by atoms with van der Waals surface area (Å²) in [4.78, 5) is 0. The van der Waals surface area contributed by atoms with Crippen molar-refractivity contribution in [3.63, 3.8) is 0 Å². The number of anilines is 2. The number of hydrogen-bond donors (Lipinski definition) is 3. The molecule has 0 amide bonds. The fourth-order valence-electron chi connectivity index (χ4n) is 1.34. The molecular weight excluding hydrogens is 257 g/mol. The van der Waals surface area contributed by atoms with Crippen LogP contribution < -0.4 is 11.1 Å². The maximum Gasteiger partial charge on any atom is 0.416 e. The van der Waals surface area contributed by atoms with Crippen molar-refractivity contribution in [1.29, 1.82) is 0 Å². The molecule has 0 saturated heterocycles. The van der Waals surface area contributed by atoms with Crippen LogP contribution in [-0.2, 0) is 6.18 Å². The highest BCUT2D eigenvalue weighted by molar-refractivity contribution is 5.68. The van der Waals surface area contributed by atoms with Crippen molar-refractivity contribution in [2.75, 3.05) is 11.1 Å². The van der Waals surface area contributed by atoms with Gasteiger partial charge in [0.25, 0.3) is 0 Å². The van der Waals surface area contributed by atoms with Gasteiger partial charge in [-0.1, -0.05) is 0 Å². The van der Waals surface area contributed by atoms with Crippen molar-refractivity contribution in [1.82, 2.24) is 0 Å². The van der Waals surface area contributed by atoms with E-state index in [-0.39, 0.29) is 5.69 Å². The third kappa shape index (κ3) is 3.53. The normalized spacial score (nSPS) is 13.5. The fourth-order valence-corrected chi connectivity index (χ4v) is 1.34. The van der Waals surface area contributed by atoms with Crippen LogP contribution in [0.2, 0.25) is 0 Å². The number of alkyl halides is 3. The first kappa shape index (κ1) is 15.6. The van der Waals surface area contributed by atoms with Gasteiger partial charge in [0, 0.05) is 0 Å². The summed E-state index contributed by atoms with van der Waals surface area (Å²) < 4.78 is 37.5. The van der Waals surface area contributed by atoms with Gasteiger partial charge in [-0.3, -0.25) is 0 Å². The average Bonchev–Trinajstić information content (AvgIpc) is 2.17. The molecule has 108 valence electrons. The SMILES string of the molecule is CC(C)(O)C(C)(C)Nc1ccc(C(F)(F)F)cc1N. The van der Waals surface area contributed by atoms with E-state index in [0.717, 1.165) is 12.1 Å². The van der Waals surface area contributed by atoms with Crippen LogP contribution in [0.3, 0.4) is 0 Å². The largest absolute Gasteiger partial charge is 0.416 e. The molecule has 0 aromatic heterocycles. The second-order valence-corrected chi connectivity index (χ2v) is 5.61. The highest BCUT2D eigenvalue weighted by Gasteiger charge is 2.36. The van der Waals surface area contributed by atoms with Gasteiger partial charge in [0.2, 0.25) is 0 Å². The van der Waals surface area contributed by atoms with Crippen LogP contribution in [0.4, 0.5) is 24.5 Å². The van der Waals surface area contributed by atoms with Crippen LogP contribution in [-0.4, -0.2) is 16.2 Å². The summed E-state index contributed by atoms with van der Waals surface area (Å²) in [7, 11) is 0. The smallest absolute Gasteiger partial charge is 0.397 e. The summed E-state index contributed by atoms with van der Waals surface area (Å²) in [5, 5.41) is 13.0. The van der Waals surface area contributed by atoms with Crippen LogP contribution in [0.15, 0.2) is 18.2 Å². The molecule has 0 fully saturated rings. The molecule has 3 nitrogen and oxygen atoms in total. The first-order valence-electron chi connectivity index (χ1n) is 5.82. The Morgan fingerprint density at radius 1 is 1.11 bits per heavy atom. The molecule has 19 heavy (non-hydrogen) atoms. The van der Waals surface area contributed by atoms with Gasteiger partial charge in [-0.2, -0.15) is 13.2 Å². The monoisotopic (exact) mass is 276 g/mol. The molecule has 0 unspecified atom stereocenters. The molecule has 4 N–H and O–H groups in total. The Bertz CT molecular complexity index is 462. The van der Waals surface area contributed by atoms with Crippen LogP contribution >= 0.6 is 0 Å². The van der Waals surface area contributed by atoms with Crippen LogP contribution in [0.5, 0.6) is 0 Å². The number of aliphatic hydroxyl groups is 1. The summed E-state index contributed by atoms with van der Waals surface area (Å²) in [5.74, 6) is 0. The van der Waals surface area contributed by atoms with Gasteiger partial charge in [0.05, 0.1) is 28.1 Å². The van der Waals surface area contributed by atoms with Crippen molar-refractivity contribution in [2.45, 2.75) is 45.0 Å². The lowest BCUT2D eigenvalue weighted by Gasteiger charge is -2.39. The number of nitrogens with one attached hydrogen (secondary N) is 1. The zero-order valence-electron chi connectivity index (χ0n) is 11.4. The molecule has 0 atom stereocenters. The van der Waals surface area contributed by atoms with Crippen molar-refractivity contribution in [2.24, 2.45) is 0 Å². The Labute approximate surface area is 110 Å². The Morgan fingerprint density at radius 3 is 2.00 bits per heavy atom. The fraction of sp³-hybridized carbons (Fsp3) is 0.538. The van der Waals surface area contributed by atoms with Crippen molar-refractivity contribution in [3.05, 3.63) is 23.8 Å². The van der Waals surface area contributed by atoms with Gasteiger partial charge in [-0.25, -0.2) is 0 Å². The van der Waals surface area contributed by atoms with Gasteiger partial charge in [-0.15, -0.1) is 0 Å². The van der Waals surface area contributed by atoms with E-state index >= 15 is 0 Å². The Kier molecular flexibility index (Phi) is 3.78. The summed E-state index contributed by atoms with van der Waals surface area (Å²) >= 11 is 0. The van der Waals surface area contributed by atoms with Gasteiger partial charge < -0.3 is 16.2 Å².